The number of allylic oxidation sites excluding steroid dienone is 3. The third-order valence-corrected chi connectivity index (χ3v) is 14.9. The molecular weight excluding hydrogens is 827 g/mol. The number of rotatable bonds is 9. The van der Waals surface area contributed by atoms with Gasteiger partial charge in [0.1, 0.15) is 0 Å². The summed E-state index contributed by atoms with van der Waals surface area (Å²) in [6, 6.07) is 86.7. The van der Waals surface area contributed by atoms with Crippen molar-refractivity contribution in [1.82, 2.24) is 0 Å². The van der Waals surface area contributed by atoms with Gasteiger partial charge in [0.15, 0.2) is 0 Å². The number of fused-ring (bicyclic) bond motifs is 4. The summed E-state index contributed by atoms with van der Waals surface area (Å²) >= 11 is 1.86. The van der Waals surface area contributed by atoms with E-state index in [2.05, 4.69) is 267 Å². The van der Waals surface area contributed by atoms with Gasteiger partial charge in [0.05, 0.1) is 0 Å². The topological polar surface area (TPSA) is 3.24 Å². The van der Waals surface area contributed by atoms with Crippen LogP contribution in [-0.2, 0) is 5.41 Å². The Bertz CT molecular complexity index is 3650. The lowest BCUT2D eigenvalue weighted by molar-refractivity contribution is 0.595. The summed E-state index contributed by atoms with van der Waals surface area (Å²) in [6.45, 7) is 2.36. The molecule has 2 heteroatoms. The predicted molar refractivity (Wildman–Crippen MR) is 288 cm³/mol. The van der Waals surface area contributed by atoms with Crippen molar-refractivity contribution in [2.45, 2.75) is 18.8 Å². The first-order valence-corrected chi connectivity index (χ1v) is 24.0. The fourth-order valence-electron chi connectivity index (χ4n) is 9.94. The summed E-state index contributed by atoms with van der Waals surface area (Å²) in [5.74, 6) is 0. The second kappa shape index (κ2) is 17.1. The monoisotopic (exact) mass is 873 g/mol. The Morgan fingerprint density at radius 1 is 0.388 bits per heavy atom. The number of nitrogens with zero attached hydrogens (tertiary/aromatic N) is 1. The van der Waals surface area contributed by atoms with Crippen molar-refractivity contribution in [2.24, 2.45) is 0 Å². The van der Waals surface area contributed by atoms with Gasteiger partial charge in [-0.15, -0.1) is 11.3 Å². The first kappa shape index (κ1) is 40.5. The van der Waals surface area contributed by atoms with Crippen LogP contribution in [0, 0.1) is 0 Å². The predicted octanol–water partition coefficient (Wildman–Crippen LogP) is 18.5. The molecule has 1 aliphatic carbocycles. The van der Waals surface area contributed by atoms with E-state index in [1.54, 1.807) is 0 Å². The van der Waals surface area contributed by atoms with E-state index >= 15 is 0 Å². The van der Waals surface area contributed by atoms with Crippen LogP contribution >= 0.6 is 11.3 Å². The van der Waals surface area contributed by atoms with E-state index in [4.69, 9.17) is 0 Å². The van der Waals surface area contributed by atoms with E-state index in [0.717, 1.165) is 23.5 Å². The van der Waals surface area contributed by atoms with Crippen LogP contribution < -0.4 is 4.90 Å². The van der Waals surface area contributed by atoms with Gasteiger partial charge in [-0.3, -0.25) is 0 Å². The van der Waals surface area contributed by atoms with Gasteiger partial charge in [-0.1, -0.05) is 201 Å². The lowest BCUT2D eigenvalue weighted by Gasteiger charge is -2.33. The third-order valence-electron chi connectivity index (χ3n) is 13.7. The average Bonchev–Trinajstić information content (AvgIpc) is 3.78. The third kappa shape index (κ3) is 7.76. The van der Waals surface area contributed by atoms with Crippen LogP contribution in [0.2, 0.25) is 0 Å². The largest absolute Gasteiger partial charge is 0.311 e. The molecule has 12 rings (SSSR count). The highest BCUT2D eigenvalue weighted by molar-refractivity contribution is 7.25. The van der Waals surface area contributed by atoms with Crippen LogP contribution in [0.4, 0.5) is 11.4 Å². The van der Waals surface area contributed by atoms with Gasteiger partial charge in [0, 0.05) is 42.7 Å². The number of anilines is 2. The molecule has 318 valence electrons. The van der Waals surface area contributed by atoms with Crippen molar-refractivity contribution in [2.75, 3.05) is 4.90 Å². The van der Waals surface area contributed by atoms with E-state index in [9.17, 15) is 0 Å². The summed E-state index contributed by atoms with van der Waals surface area (Å²) in [4.78, 5) is 2.41. The molecule has 0 saturated heterocycles. The van der Waals surface area contributed by atoms with Gasteiger partial charge in [0.25, 0.3) is 0 Å². The van der Waals surface area contributed by atoms with Gasteiger partial charge in [0.2, 0.25) is 0 Å². The molecule has 10 aromatic carbocycles. The Hall–Kier alpha value is -8.04. The van der Waals surface area contributed by atoms with Crippen LogP contribution in [0.1, 0.15) is 18.9 Å². The highest BCUT2D eigenvalue weighted by Crippen LogP contribution is 2.42. The molecule has 0 spiro atoms. The molecule has 0 aliphatic heterocycles. The molecule has 0 bridgehead atoms. The van der Waals surface area contributed by atoms with E-state index in [-0.39, 0.29) is 5.41 Å². The Kier molecular flexibility index (Phi) is 10.3. The standard InChI is InChI=1S/C65H47NS/c1-65(55-31-24-46(25-32-55)51-16-11-17-52(42-51)53-23-22-45-12-5-6-15-50(45)43-53)40-38-58(39-41-65)66(57-35-28-49(29-36-57)60-19-8-7-18-59(60)48-13-3-2-4-14-48)56-33-26-47(27-34-56)54-30-37-64-62(44-54)61-20-9-10-21-63(61)67-64/h2-40,42-44H,41H2,1H3. The zero-order valence-corrected chi connectivity index (χ0v) is 38.1. The smallest absolute Gasteiger partial charge is 0.0461 e. The summed E-state index contributed by atoms with van der Waals surface area (Å²) in [6.07, 6.45) is 8.03. The maximum Gasteiger partial charge on any atom is 0.0461 e. The van der Waals surface area contributed by atoms with Crippen molar-refractivity contribution in [3.05, 3.63) is 266 Å². The molecule has 1 heterocycles. The lowest BCUT2D eigenvalue weighted by atomic mass is 9.76. The zero-order chi connectivity index (χ0) is 44.7. The van der Waals surface area contributed by atoms with Crippen molar-refractivity contribution in [3.63, 3.8) is 0 Å². The van der Waals surface area contributed by atoms with E-state index in [1.165, 1.54) is 92.1 Å². The van der Waals surface area contributed by atoms with E-state index < -0.39 is 0 Å². The van der Waals surface area contributed by atoms with E-state index in [0.29, 0.717) is 0 Å². The Morgan fingerprint density at radius 3 is 1.63 bits per heavy atom. The SMILES string of the molecule is CC1(c2ccc(-c3cccc(-c4ccc5ccccc5c4)c3)cc2)C=CC(N(c2ccc(-c3ccc4sc5ccccc5c4c3)cc2)c2ccc(-c3ccccc3-c3ccccc3)cc2)=CC1. The molecule has 0 radical (unpaired) electrons. The summed E-state index contributed by atoms with van der Waals surface area (Å²) in [7, 11) is 0. The van der Waals surface area contributed by atoms with Crippen LogP contribution in [-0.4, -0.2) is 0 Å². The Balaban J connectivity index is 0.850. The van der Waals surface area contributed by atoms with Gasteiger partial charge in [-0.2, -0.15) is 0 Å². The minimum atomic E-state index is -0.153. The molecule has 1 atom stereocenters. The van der Waals surface area contributed by atoms with Crippen molar-refractivity contribution in [3.8, 4) is 55.6 Å². The maximum absolute atomic E-state index is 2.42. The highest BCUT2D eigenvalue weighted by Gasteiger charge is 2.27. The second-order valence-electron chi connectivity index (χ2n) is 18.0. The molecule has 1 aliphatic rings. The zero-order valence-electron chi connectivity index (χ0n) is 37.3. The summed E-state index contributed by atoms with van der Waals surface area (Å²) in [5, 5.41) is 5.17. The van der Waals surface area contributed by atoms with E-state index in [1.807, 2.05) is 11.3 Å². The normalized spacial score (nSPS) is 14.7. The molecule has 0 saturated carbocycles. The molecule has 0 fully saturated rings. The van der Waals surface area contributed by atoms with Crippen molar-refractivity contribution < 1.29 is 0 Å². The molecule has 1 unspecified atom stereocenters. The second-order valence-corrected chi connectivity index (χ2v) is 19.0. The minimum Gasteiger partial charge on any atom is -0.311 e. The maximum atomic E-state index is 2.42. The first-order chi connectivity index (χ1) is 33.0. The quantitative estimate of drug-likeness (QED) is 0.140. The number of hydrogen-bond acceptors (Lipinski definition) is 2. The number of hydrogen-bond donors (Lipinski definition) is 0. The fraction of sp³-hybridized carbons (Fsp3) is 0.0462. The molecule has 1 nitrogen and oxygen atoms in total. The number of thiophene rings is 1. The van der Waals surface area contributed by atoms with Gasteiger partial charge in [-0.05, 0) is 139 Å². The van der Waals surface area contributed by atoms with Crippen molar-refractivity contribution >= 4 is 53.7 Å². The molecule has 1 aromatic heterocycles. The van der Waals surface area contributed by atoms with Crippen LogP contribution in [0.25, 0.3) is 86.6 Å². The summed E-state index contributed by atoms with van der Waals surface area (Å²) < 4.78 is 2.65. The van der Waals surface area contributed by atoms with Gasteiger partial charge >= 0.3 is 0 Å². The minimum absolute atomic E-state index is 0.153. The van der Waals surface area contributed by atoms with Crippen molar-refractivity contribution in [1.29, 1.82) is 0 Å². The highest BCUT2D eigenvalue weighted by atomic mass is 32.1. The molecule has 67 heavy (non-hydrogen) atoms. The molecular formula is C65H47NS. The number of benzene rings is 10. The van der Waals surface area contributed by atoms with Gasteiger partial charge in [-0.25, -0.2) is 0 Å². The Labute approximate surface area is 396 Å². The Morgan fingerprint density at radius 2 is 0.910 bits per heavy atom. The van der Waals surface area contributed by atoms with Crippen LogP contribution in [0.15, 0.2) is 261 Å². The van der Waals surface area contributed by atoms with Crippen LogP contribution in [0.3, 0.4) is 0 Å². The first-order valence-electron chi connectivity index (χ1n) is 23.2. The fourth-order valence-corrected chi connectivity index (χ4v) is 11.0. The summed E-state index contributed by atoms with van der Waals surface area (Å²) in [5.41, 5.74) is 16.8. The lowest BCUT2D eigenvalue weighted by Crippen LogP contribution is -2.24. The molecule has 0 N–H and O–H groups in total. The average molecular weight is 874 g/mol. The molecule has 0 amide bonds. The molecule has 11 aromatic rings. The van der Waals surface area contributed by atoms with Gasteiger partial charge < -0.3 is 4.90 Å². The van der Waals surface area contributed by atoms with Crippen LogP contribution in [0.5, 0.6) is 0 Å².